The van der Waals surface area contributed by atoms with E-state index in [0.29, 0.717) is 32.7 Å². The molecule has 5 aromatic rings. The molecule has 3 fully saturated rings. The van der Waals surface area contributed by atoms with Gasteiger partial charge in [0.2, 0.25) is 11.8 Å². The first kappa shape index (κ1) is 37.0. The van der Waals surface area contributed by atoms with Crippen molar-refractivity contribution in [1.82, 2.24) is 5.01 Å². The fraction of sp³-hybridized carbons (Fsp3) is 0.209. The number of hydrogen-bond acceptors (Lipinski definition) is 9. The molecule has 0 radical (unpaired) electrons. The van der Waals surface area contributed by atoms with E-state index in [2.05, 4.69) is 5.43 Å². The highest BCUT2D eigenvalue weighted by Gasteiger charge is 2.70. The third-order valence-electron chi connectivity index (χ3n) is 12.3. The van der Waals surface area contributed by atoms with Crippen LogP contribution in [0.25, 0.3) is 10.8 Å². The smallest absolute Gasteiger partial charge is 0.488 e. The maximum Gasteiger partial charge on any atom is 0.488 e. The number of benzene rings is 5. The second kappa shape index (κ2) is 13.8. The summed E-state index contributed by atoms with van der Waals surface area (Å²) in [6.07, 6.45) is 2.18. The number of allylic oxidation sites excluding steroid dienone is 2. The minimum atomic E-state index is -1.82. The van der Waals surface area contributed by atoms with Gasteiger partial charge < -0.3 is 19.9 Å². The average Bonchev–Trinajstić information content (AvgIpc) is 3.60. The molecule has 2 heterocycles. The van der Waals surface area contributed by atoms with Crippen LogP contribution in [0.5, 0.6) is 11.5 Å². The number of rotatable bonds is 7. The molecule has 4 amide bonds. The van der Waals surface area contributed by atoms with Gasteiger partial charge in [0, 0.05) is 16.3 Å². The van der Waals surface area contributed by atoms with Gasteiger partial charge in [0.25, 0.3) is 11.8 Å². The van der Waals surface area contributed by atoms with Crippen molar-refractivity contribution in [3.05, 3.63) is 136 Å². The number of phenolic OH excluding ortho intramolecular Hbond substituents is 1. The molecule has 0 unspecified atom stereocenters. The number of phenols is 1. The first-order valence-corrected chi connectivity index (χ1v) is 19.2. The molecule has 2 aliphatic heterocycles. The van der Waals surface area contributed by atoms with Crippen LogP contribution in [0.4, 0.5) is 11.4 Å². The van der Waals surface area contributed by atoms with Crippen molar-refractivity contribution in [3.8, 4) is 11.5 Å². The number of carbonyl (C=O) groups is 4. The summed E-state index contributed by atoms with van der Waals surface area (Å²) in [6, 6.07) is 28.3. The zero-order chi connectivity index (χ0) is 39.9. The number of carbonyl (C=O) groups excluding carboxylic acids is 4. The molecule has 6 atom stereocenters. The van der Waals surface area contributed by atoms with E-state index in [1.165, 1.54) is 25.3 Å². The molecule has 286 valence electrons. The standard InChI is InChI=1S/C43H34BCl2N3O8/c1-57-26-12-9-22(10-13-26)43-33(40(52)49(42(43)54)47-35-17-11-24(45)20-34(35)46)21-32-30(38(43)29-16-18-36(50)28-8-3-2-7-27(28)29)14-15-31-37(32)41(53)48(39(31)51)25-6-4-5-23(19-25)44(55)56/h2-14,16-20,31-33,37-38,47,50,55-56H,15,21H2,1H3/t31-,32+,33-,37-,38-,43+/m0/s1. The molecule has 9 rings (SSSR count). The van der Waals surface area contributed by atoms with Crippen molar-refractivity contribution >= 4 is 81.6 Å². The molecule has 0 bridgehead atoms. The van der Waals surface area contributed by atoms with Gasteiger partial charge in [-0.15, -0.1) is 0 Å². The summed E-state index contributed by atoms with van der Waals surface area (Å²) in [5, 5.41) is 33.6. The predicted octanol–water partition coefficient (Wildman–Crippen LogP) is 5.73. The molecule has 4 aliphatic rings. The molecule has 11 nitrogen and oxygen atoms in total. The van der Waals surface area contributed by atoms with Gasteiger partial charge in [0.15, 0.2) is 0 Å². The molecular weight excluding hydrogens is 768 g/mol. The predicted molar refractivity (Wildman–Crippen MR) is 215 cm³/mol. The van der Waals surface area contributed by atoms with E-state index in [4.69, 9.17) is 27.9 Å². The lowest BCUT2D eigenvalue weighted by atomic mass is 9.49. The van der Waals surface area contributed by atoms with Gasteiger partial charge in [-0.25, -0.2) is 0 Å². The Labute approximate surface area is 337 Å². The number of amides is 4. The van der Waals surface area contributed by atoms with Gasteiger partial charge in [0.05, 0.1) is 46.7 Å². The third-order valence-corrected chi connectivity index (χ3v) is 12.8. The SMILES string of the molecule is COc1ccc([C@@]23C(=O)N(Nc4ccc(Cl)cc4Cl)C(=O)[C@@H]2C[C@@H]2C(=CC[C@@H]4C(=O)N(c5cccc(B(O)O)c5)C(=O)[C@@H]42)[C@@H]3c2ccc(O)c3ccccc23)cc1. The number of imide groups is 2. The van der Waals surface area contributed by atoms with Gasteiger partial charge in [-0.2, -0.15) is 5.01 Å². The summed E-state index contributed by atoms with van der Waals surface area (Å²) in [7, 11) is -0.281. The first-order chi connectivity index (χ1) is 27.4. The minimum absolute atomic E-state index is 0.0337. The molecule has 2 aliphatic carbocycles. The number of fused-ring (bicyclic) bond motifs is 5. The van der Waals surface area contributed by atoms with Crippen LogP contribution in [-0.4, -0.2) is 58.0 Å². The van der Waals surface area contributed by atoms with E-state index in [0.717, 1.165) is 15.5 Å². The number of anilines is 2. The number of hydrogen-bond donors (Lipinski definition) is 4. The van der Waals surface area contributed by atoms with Crippen LogP contribution in [-0.2, 0) is 24.6 Å². The first-order valence-electron chi connectivity index (χ1n) is 18.4. The van der Waals surface area contributed by atoms with Gasteiger partial charge in [-0.05, 0) is 89.3 Å². The average molecular weight is 802 g/mol. The highest BCUT2D eigenvalue weighted by Crippen LogP contribution is 2.65. The maximum atomic E-state index is 15.6. The van der Waals surface area contributed by atoms with Crippen molar-refractivity contribution in [2.24, 2.45) is 23.7 Å². The van der Waals surface area contributed by atoms with Crippen molar-refractivity contribution < 1.29 is 39.1 Å². The van der Waals surface area contributed by atoms with Gasteiger partial charge in [0.1, 0.15) is 11.5 Å². The summed E-state index contributed by atoms with van der Waals surface area (Å²) in [5.74, 6) is -5.68. The second-order valence-electron chi connectivity index (χ2n) is 14.9. The van der Waals surface area contributed by atoms with Crippen LogP contribution in [0.1, 0.15) is 29.9 Å². The Bertz CT molecular complexity index is 2570. The third kappa shape index (κ3) is 5.49. The molecule has 2 saturated heterocycles. The largest absolute Gasteiger partial charge is 0.507 e. The molecule has 57 heavy (non-hydrogen) atoms. The summed E-state index contributed by atoms with van der Waals surface area (Å²) >= 11 is 12.8. The summed E-state index contributed by atoms with van der Waals surface area (Å²) < 4.78 is 5.50. The van der Waals surface area contributed by atoms with Crippen LogP contribution >= 0.6 is 23.2 Å². The second-order valence-corrected chi connectivity index (χ2v) is 15.8. The van der Waals surface area contributed by atoms with E-state index in [9.17, 15) is 24.7 Å². The van der Waals surface area contributed by atoms with Gasteiger partial charge in [-0.3, -0.25) is 29.5 Å². The number of methoxy groups -OCH3 is 1. The Morgan fingerprint density at radius 1 is 0.825 bits per heavy atom. The molecule has 5 aromatic carbocycles. The molecule has 0 aromatic heterocycles. The van der Waals surface area contributed by atoms with E-state index in [1.807, 2.05) is 18.2 Å². The lowest BCUT2D eigenvalue weighted by Crippen LogP contribution is -2.53. The van der Waals surface area contributed by atoms with Gasteiger partial charge >= 0.3 is 7.12 Å². The van der Waals surface area contributed by atoms with Gasteiger partial charge in [-0.1, -0.05) is 89.4 Å². The van der Waals surface area contributed by atoms with E-state index >= 15 is 9.59 Å². The fourth-order valence-electron chi connectivity index (χ4n) is 9.83. The van der Waals surface area contributed by atoms with E-state index in [-0.39, 0.29) is 40.5 Å². The van der Waals surface area contributed by atoms with Crippen molar-refractivity contribution in [1.29, 1.82) is 0 Å². The number of aromatic hydroxyl groups is 1. The highest BCUT2D eigenvalue weighted by molar-refractivity contribution is 6.58. The number of nitrogens with one attached hydrogen (secondary N) is 1. The number of hydrazine groups is 1. The number of nitrogens with zero attached hydrogens (tertiary/aromatic N) is 2. The Hall–Kier alpha value is -5.66. The summed E-state index contributed by atoms with van der Waals surface area (Å²) in [4.78, 5) is 60.8. The Morgan fingerprint density at radius 2 is 1.58 bits per heavy atom. The summed E-state index contributed by atoms with van der Waals surface area (Å²) in [6.45, 7) is 0. The molecule has 0 spiro atoms. The van der Waals surface area contributed by atoms with Crippen molar-refractivity contribution in [2.45, 2.75) is 24.2 Å². The number of halogens is 2. The highest BCUT2D eigenvalue weighted by atomic mass is 35.5. The monoisotopic (exact) mass is 801 g/mol. The Kier molecular flexibility index (Phi) is 8.93. The zero-order valence-corrected chi connectivity index (χ0v) is 31.8. The van der Waals surface area contributed by atoms with Crippen molar-refractivity contribution in [3.63, 3.8) is 0 Å². The Balaban J connectivity index is 1.27. The molecule has 4 N–H and O–H groups in total. The van der Waals surface area contributed by atoms with E-state index in [1.54, 1.807) is 72.8 Å². The molecule has 1 saturated carbocycles. The van der Waals surface area contributed by atoms with E-state index < -0.39 is 65.8 Å². The Morgan fingerprint density at radius 3 is 2.30 bits per heavy atom. The normalized spacial score (nSPS) is 25.3. The number of ether oxygens (including phenoxy) is 1. The maximum absolute atomic E-state index is 15.6. The van der Waals surface area contributed by atoms with Crippen LogP contribution in [0.3, 0.4) is 0 Å². The fourth-order valence-corrected chi connectivity index (χ4v) is 10.3. The topological polar surface area (TPSA) is 157 Å². The van der Waals surface area contributed by atoms with Crippen LogP contribution in [0.15, 0.2) is 115 Å². The van der Waals surface area contributed by atoms with Crippen molar-refractivity contribution in [2.75, 3.05) is 17.4 Å². The van der Waals surface area contributed by atoms with Crippen LogP contribution in [0, 0.1) is 23.7 Å². The van der Waals surface area contributed by atoms with Crippen LogP contribution < -0.4 is 20.5 Å². The quantitative estimate of drug-likeness (QED) is 0.0918. The lowest BCUT2D eigenvalue weighted by molar-refractivity contribution is -0.138. The summed E-state index contributed by atoms with van der Waals surface area (Å²) in [5.41, 5.74) is 3.93. The minimum Gasteiger partial charge on any atom is -0.507 e. The van der Waals surface area contributed by atoms with Crippen LogP contribution in [0.2, 0.25) is 10.0 Å². The zero-order valence-electron chi connectivity index (χ0n) is 30.3. The molecule has 14 heteroatoms. The lowest BCUT2D eigenvalue weighted by Gasteiger charge is -2.51. The molecular formula is C43H34BCl2N3O8.